The number of aromatic nitrogens is 2. The maximum atomic E-state index is 10.8. The number of allylic oxidation sites excluding steroid dienone is 1. The van der Waals surface area contributed by atoms with Crippen LogP contribution in [0.5, 0.6) is 0 Å². The Kier molecular flexibility index (Phi) is 4.85. The zero-order valence-corrected chi connectivity index (χ0v) is 9.13. The average Bonchev–Trinajstić information content (AvgIpc) is 2.79. The Morgan fingerprint density at radius 3 is 3.00 bits per heavy atom. The van der Waals surface area contributed by atoms with E-state index in [1.165, 1.54) is 19.3 Å². The molecule has 1 aromatic heterocycles. The molecule has 1 aromatic rings. The highest BCUT2D eigenvalue weighted by Crippen LogP contribution is 1.97. The second-order valence-corrected chi connectivity index (χ2v) is 2.94. The summed E-state index contributed by atoms with van der Waals surface area (Å²) in [6.45, 7) is 4.72. The molecule has 0 unspecified atom stereocenters. The first-order chi connectivity index (χ1) is 7.72. The summed E-state index contributed by atoms with van der Waals surface area (Å²) in [5, 5.41) is 4.02. The van der Waals surface area contributed by atoms with E-state index in [9.17, 15) is 4.79 Å². The number of hydrogen-bond donors (Lipinski definition) is 0. The fourth-order valence-corrected chi connectivity index (χ4v) is 0.980. The molecule has 0 saturated heterocycles. The largest absolute Gasteiger partial charge is 0.492 e. The standard InChI is InChI=1S/C11H14N2O3/c1-10(4-5-11(14)15-2)16-9-8-13-7-3-6-12-13/h3-7H,1,8-9H2,2H3/b5-4+. The van der Waals surface area contributed by atoms with Crippen LogP contribution < -0.4 is 0 Å². The maximum Gasteiger partial charge on any atom is 0.330 e. The molecule has 0 atom stereocenters. The van der Waals surface area contributed by atoms with Gasteiger partial charge in [-0.2, -0.15) is 5.10 Å². The quantitative estimate of drug-likeness (QED) is 0.313. The van der Waals surface area contributed by atoms with Crippen molar-refractivity contribution >= 4 is 5.97 Å². The van der Waals surface area contributed by atoms with Crippen LogP contribution in [0.4, 0.5) is 0 Å². The van der Waals surface area contributed by atoms with E-state index in [4.69, 9.17) is 4.74 Å². The number of carbonyl (C=O) groups is 1. The third kappa shape index (κ3) is 4.45. The van der Waals surface area contributed by atoms with Crippen molar-refractivity contribution in [1.82, 2.24) is 9.78 Å². The number of hydrogen-bond acceptors (Lipinski definition) is 4. The molecule has 0 aliphatic heterocycles. The van der Waals surface area contributed by atoms with Gasteiger partial charge in [0.25, 0.3) is 0 Å². The first kappa shape index (κ1) is 12.0. The number of ether oxygens (including phenoxy) is 2. The molecule has 0 saturated carbocycles. The van der Waals surface area contributed by atoms with Crippen LogP contribution in [0.2, 0.25) is 0 Å². The van der Waals surface area contributed by atoms with E-state index in [1.54, 1.807) is 10.9 Å². The molecule has 1 heterocycles. The summed E-state index contributed by atoms with van der Waals surface area (Å²) < 4.78 is 11.4. The molecule has 0 aliphatic rings. The summed E-state index contributed by atoms with van der Waals surface area (Å²) >= 11 is 0. The zero-order chi connectivity index (χ0) is 11.8. The van der Waals surface area contributed by atoms with Crippen LogP contribution >= 0.6 is 0 Å². The highest BCUT2D eigenvalue weighted by Gasteiger charge is 1.95. The minimum atomic E-state index is -0.433. The van der Waals surface area contributed by atoms with Crippen LogP contribution in [-0.2, 0) is 20.8 Å². The molecule has 0 aromatic carbocycles. The van der Waals surface area contributed by atoms with Crippen LogP contribution in [0.1, 0.15) is 0 Å². The van der Waals surface area contributed by atoms with Crippen LogP contribution in [0.3, 0.4) is 0 Å². The lowest BCUT2D eigenvalue weighted by Gasteiger charge is -2.05. The number of esters is 1. The molecule has 5 heteroatoms. The second kappa shape index (κ2) is 6.44. The van der Waals surface area contributed by atoms with Crippen molar-refractivity contribution in [2.45, 2.75) is 6.54 Å². The van der Waals surface area contributed by atoms with E-state index in [-0.39, 0.29) is 0 Å². The van der Waals surface area contributed by atoms with Crippen LogP contribution in [-0.4, -0.2) is 29.5 Å². The minimum absolute atomic E-state index is 0.414. The highest BCUT2D eigenvalue weighted by molar-refractivity contribution is 5.82. The normalized spacial score (nSPS) is 10.3. The van der Waals surface area contributed by atoms with Crippen molar-refractivity contribution in [3.05, 3.63) is 43.0 Å². The molecule has 16 heavy (non-hydrogen) atoms. The van der Waals surface area contributed by atoms with Gasteiger partial charge in [-0.15, -0.1) is 0 Å². The fourth-order valence-electron chi connectivity index (χ4n) is 0.980. The molecule has 0 radical (unpaired) electrons. The predicted molar refractivity (Wildman–Crippen MR) is 58.5 cm³/mol. The van der Waals surface area contributed by atoms with Crippen molar-refractivity contribution in [2.75, 3.05) is 13.7 Å². The van der Waals surface area contributed by atoms with Gasteiger partial charge in [-0.1, -0.05) is 6.58 Å². The van der Waals surface area contributed by atoms with Crippen molar-refractivity contribution in [3.63, 3.8) is 0 Å². The third-order valence-electron chi connectivity index (χ3n) is 1.77. The molecule has 0 bridgehead atoms. The van der Waals surface area contributed by atoms with Crippen molar-refractivity contribution in [1.29, 1.82) is 0 Å². The molecule has 0 amide bonds. The minimum Gasteiger partial charge on any atom is -0.492 e. The number of carbonyl (C=O) groups excluding carboxylic acids is 1. The van der Waals surface area contributed by atoms with Crippen molar-refractivity contribution in [2.24, 2.45) is 0 Å². The van der Waals surface area contributed by atoms with Crippen LogP contribution in [0.15, 0.2) is 43.0 Å². The van der Waals surface area contributed by atoms with E-state index in [0.29, 0.717) is 18.9 Å². The van der Waals surface area contributed by atoms with Crippen LogP contribution in [0, 0.1) is 0 Å². The van der Waals surface area contributed by atoms with Crippen molar-refractivity contribution in [3.8, 4) is 0 Å². The molecule has 0 N–H and O–H groups in total. The van der Waals surface area contributed by atoms with Gasteiger partial charge < -0.3 is 9.47 Å². The van der Waals surface area contributed by atoms with Gasteiger partial charge >= 0.3 is 5.97 Å². The number of nitrogens with zero attached hydrogens (tertiary/aromatic N) is 2. The Morgan fingerprint density at radius 1 is 1.56 bits per heavy atom. The fraction of sp³-hybridized carbons (Fsp3) is 0.273. The van der Waals surface area contributed by atoms with Gasteiger partial charge in [0.05, 0.1) is 13.7 Å². The zero-order valence-electron chi connectivity index (χ0n) is 9.13. The third-order valence-corrected chi connectivity index (χ3v) is 1.77. The Morgan fingerprint density at radius 2 is 2.38 bits per heavy atom. The predicted octanol–water partition coefficient (Wildman–Crippen LogP) is 1.14. The Hall–Kier alpha value is -2.04. The number of rotatable bonds is 6. The second-order valence-electron chi connectivity index (χ2n) is 2.94. The van der Waals surface area contributed by atoms with E-state index < -0.39 is 5.97 Å². The maximum absolute atomic E-state index is 10.8. The van der Waals surface area contributed by atoms with Gasteiger partial charge in [0, 0.05) is 18.5 Å². The van der Waals surface area contributed by atoms with Crippen molar-refractivity contribution < 1.29 is 14.3 Å². The van der Waals surface area contributed by atoms with E-state index >= 15 is 0 Å². The summed E-state index contributed by atoms with van der Waals surface area (Å²) in [6, 6.07) is 1.84. The Bertz CT molecular complexity index is 369. The summed E-state index contributed by atoms with van der Waals surface area (Å²) in [5.74, 6) is -0.0191. The lowest BCUT2D eigenvalue weighted by molar-refractivity contribution is -0.134. The summed E-state index contributed by atoms with van der Waals surface area (Å²) in [7, 11) is 1.31. The Balaban J connectivity index is 2.20. The first-order valence-corrected chi connectivity index (χ1v) is 4.77. The molecule has 5 nitrogen and oxygen atoms in total. The smallest absolute Gasteiger partial charge is 0.330 e. The molecule has 1 rings (SSSR count). The van der Waals surface area contributed by atoms with E-state index in [2.05, 4.69) is 16.4 Å². The lowest BCUT2D eigenvalue weighted by Crippen LogP contribution is -2.05. The van der Waals surface area contributed by atoms with Gasteiger partial charge in [0.1, 0.15) is 12.4 Å². The molecule has 0 aliphatic carbocycles. The summed E-state index contributed by atoms with van der Waals surface area (Å²) in [5.41, 5.74) is 0. The van der Waals surface area contributed by atoms with Gasteiger partial charge in [-0.25, -0.2) is 4.79 Å². The van der Waals surface area contributed by atoms with Gasteiger partial charge in [-0.05, 0) is 12.1 Å². The van der Waals surface area contributed by atoms with Gasteiger partial charge in [0.2, 0.25) is 0 Å². The monoisotopic (exact) mass is 222 g/mol. The molecular weight excluding hydrogens is 208 g/mol. The van der Waals surface area contributed by atoms with Crippen LogP contribution in [0.25, 0.3) is 0 Å². The molecular formula is C11H14N2O3. The highest BCUT2D eigenvalue weighted by atomic mass is 16.5. The van der Waals surface area contributed by atoms with E-state index in [1.807, 2.05) is 12.3 Å². The topological polar surface area (TPSA) is 53.4 Å². The molecule has 0 fully saturated rings. The number of methoxy groups -OCH3 is 1. The summed E-state index contributed by atoms with van der Waals surface area (Å²) in [4.78, 5) is 10.8. The SMILES string of the molecule is C=C(/C=C/C(=O)OC)OCCn1cccn1. The van der Waals surface area contributed by atoms with E-state index in [0.717, 1.165) is 0 Å². The Labute approximate surface area is 94.0 Å². The van der Waals surface area contributed by atoms with Gasteiger partial charge in [0.15, 0.2) is 0 Å². The molecule has 0 spiro atoms. The molecule has 86 valence electrons. The first-order valence-electron chi connectivity index (χ1n) is 4.77. The average molecular weight is 222 g/mol. The lowest BCUT2D eigenvalue weighted by atomic mass is 10.4. The summed E-state index contributed by atoms with van der Waals surface area (Å²) in [6.07, 6.45) is 6.27. The van der Waals surface area contributed by atoms with Gasteiger partial charge in [-0.3, -0.25) is 4.68 Å².